The molecule has 1 aromatic carbocycles. The Kier molecular flexibility index (Phi) is 2.95. The molecule has 0 aliphatic heterocycles. The fourth-order valence-corrected chi connectivity index (χ4v) is 1.96. The third-order valence-electron chi connectivity index (χ3n) is 2.91. The van der Waals surface area contributed by atoms with E-state index in [-0.39, 0.29) is 0 Å². The third-order valence-corrected chi connectivity index (χ3v) is 2.91. The van der Waals surface area contributed by atoms with Gasteiger partial charge in [0.25, 0.3) is 0 Å². The van der Waals surface area contributed by atoms with Gasteiger partial charge in [0, 0.05) is 11.3 Å². The maximum atomic E-state index is 6.02. The maximum Gasteiger partial charge on any atom is 0.0393 e. The Labute approximate surface area is 97.0 Å². The lowest BCUT2D eigenvalue weighted by Gasteiger charge is -2.10. The Balaban J connectivity index is 2.54. The van der Waals surface area contributed by atoms with Crippen molar-refractivity contribution in [3.8, 4) is 0 Å². The molecular formula is C15H17N. The summed E-state index contributed by atoms with van der Waals surface area (Å²) in [6.45, 7) is 4.27. The minimum absolute atomic E-state index is 0.844. The number of allylic oxidation sites excluding steroid dienone is 6. The normalized spacial score (nSPS) is 16.0. The minimum atomic E-state index is 0.844. The largest absolute Gasteiger partial charge is 0.398 e. The van der Waals surface area contributed by atoms with E-state index in [1.807, 2.05) is 18.2 Å². The van der Waals surface area contributed by atoms with E-state index >= 15 is 0 Å². The summed E-state index contributed by atoms with van der Waals surface area (Å²) in [6.07, 6.45) is 7.69. The number of hydrogen-bond acceptors (Lipinski definition) is 1. The van der Waals surface area contributed by atoms with Crippen LogP contribution >= 0.6 is 0 Å². The summed E-state index contributed by atoms with van der Waals surface area (Å²) in [5, 5.41) is 0. The number of nitrogen functional groups attached to an aromatic ring is 1. The quantitative estimate of drug-likeness (QED) is 0.699. The molecule has 0 aromatic heterocycles. The molecule has 1 aliphatic rings. The van der Waals surface area contributed by atoms with Gasteiger partial charge in [-0.25, -0.2) is 0 Å². The minimum Gasteiger partial charge on any atom is -0.398 e. The molecule has 0 saturated carbocycles. The summed E-state index contributed by atoms with van der Waals surface area (Å²) >= 11 is 0. The number of para-hydroxylation sites is 1. The van der Waals surface area contributed by atoms with E-state index in [1.54, 1.807) is 0 Å². The predicted octanol–water partition coefficient (Wildman–Crippen LogP) is 3.95. The molecule has 0 atom stereocenters. The highest BCUT2D eigenvalue weighted by molar-refractivity contribution is 5.86. The molecule has 0 unspecified atom stereocenters. The summed E-state index contributed by atoms with van der Waals surface area (Å²) in [5.74, 6) is 0. The van der Waals surface area contributed by atoms with Crippen LogP contribution in [0.2, 0.25) is 0 Å². The lowest BCUT2D eigenvalue weighted by molar-refractivity contribution is 1.32. The van der Waals surface area contributed by atoms with Gasteiger partial charge in [0.15, 0.2) is 0 Å². The van der Waals surface area contributed by atoms with E-state index in [0.717, 1.165) is 17.7 Å². The number of rotatable bonds is 1. The molecule has 16 heavy (non-hydrogen) atoms. The highest BCUT2D eigenvalue weighted by Gasteiger charge is 2.08. The van der Waals surface area contributed by atoms with Crippen molar-refractivity contribution in [2.75, 3.05) is 5.73 Å². The SMILES string of the molecule is CC1=CCC=C(C)C(c2ccccc2N)=C1. The summed E-state index contributed by atoms with van der Waals surface area (Å²) in [4.78, 5) is 0. The zero-order valence-corrected chi connectivity index (χ0v) is 9.83. The average molecular weight is 211 g/mol. The van der Waals surface area contributed by atoms with Crippen LogP contribution in [0.25, 0.3) is 5.57 Å². The second-order valence-electron chi connectivity index (χ2n) is 4.22. The maximum absolute atomic E-state index is 6.02. The van der Waals surface area contributed by atoms with Gasteiger partial charge in [0.1, 0.15) is 0 Å². The van der Waals surface area contributed by atoms with Gasteiger partial charge in [0.2, 0.25) is 0 Å². The van der Waals surface area contributed by atoms with Gasteiger partial charge in [-0.1, -0.05) is 42.0 Å². The van der Waals surface area contributed by atoms with Gasteiger partial charge in [-0.15, -0.1) is 0 Å². The van der Waals surface area contributed by atoms with Crippen molar-refractivity contribution in [3.05, 3.63) is 59.2 Å². The van der Waals surface area contributed by atoms with Gasteiger partial charge in [-0.2, -0.15) is 0 Å². The van der Waals surface area contributed by atoms with E-state index < -0.39 is 0 Å². The molecule has 0 saturated heterocycles. The zero-order chi connectivity index (χ0) is 11.5. The summed E-state index contributed by atoms with van der Waals surface area (Å²) < 4.78 is 0. The molecule has 1 nitrogen and oxygen atoms in total. The lowest BCUT2D eigenvalue weighted by atomic mass is 9.96. The Morgan fingerprint density at radius 1 is 1.06 bits per heavy atom. The molecule has 0 bridgehead atoms. The Morgan fingerprint density at radius 2 is 1.81 bits per heavy atom. The monoisotopic (exact) mass is 211 g/mol. The first-order chi connectivity index (χ1) is 7.68. The van der Waals surface area contributed by atoms with Crippen LogP contribution in [0.4, 0.5) is 5.69 Å². The summed E-state index contributed by atoms with van der Waals surface area (Å²) in [6, 6.07) is 8.03. The van der Waals surface area contributed by atoms with Crippen molar-refractivity contribution in [2.45, 2.75) is 20.3 Å². The highest BCUT2D eigenvalue weighted by Crippen LogP contribution is 2.30. The molecule has 2 rings (SSSR count). The molecule has 82 valence electrons. The van der Waals surface area contributed by atoms with Gasteiger partial charge in [-0.05, 0) is 37.5 Å². The van der Waals surface area contributed by atoms with Gasteiger partial charge >= 0.3 is 0 Å². The third kappa shape index (κ3) is 2.08. The van der Waals surface area contributed by atoms with Crippen molar-refractivity contribution in [1.29, 1.82) is 0 Å². The van der Waals surface area contributed by atoms with Crippen molar-refractivity contribution in [3.63, 3.8) is 0 Å². The first-order valence-electron chi connectivity index (χ1n) is 5.59. The van der Waals surface area contributed by atoms with E-state index in [1.165, 1.54) is 16.7 Å². The van der Waals surface area contributed by atoms with Crippen LogP contribution in [0.1, 0.15) is 25.8 Å². The average Bonchev–Trinajstić information content (AvgIpc) is 2.42. The van der Waals surface area contributed by atoms with Crippen LogP contribution in [0.3, 0.4) is 0 Å². The van der Waals surface area contributed by atoms with Gasteiger partial charge in [-0.3, -0.25) is 0 Å². The first-order valence-corrected chi connectivity index (χ1v) is 5.59. The van der Waals surface area contributed by atoms with Crippen LogP contribution in [0.5, 0.6) is 0 Å². The number of anilines is 1. The molecule has 1 aromatic rings. The summed E-state index contributed by atoms with van der Waals surface area (Å²) in [5.41, 5.74) is 11.8. The van der Waals surface area contributed by atoms with Crippen molar-refractivity contribution >= 4 is 11.3 Å². The summed E-state index contributed by atoms with van der Waals surface area (Å²) in [7, 11) is 0. The van der Waals surface area contributed by atoms with Crippen LogP contribution in [-0.2, 0) is 0 Å². The van der Waals surface area contributed by atoms with Gasteiger partial charge in [0.05, 0.1) is 0 Å². The molecule has 2 N–H and O–H groups in total. The second kappa shape index (κ2) is 4.40. The zero-order valence-electron chi connectivity index (χ0n) is 9.83. The van der Waals surface area contributed by atoms with Crippen LogP contribution in [0.15, 0.2) is 53.6 Å². The molecule has 0 heterocycles. The van der Waals surface area contributed by atoms with Crippen molar-refractivity contribution in [2.24, 2.45) is 0 Å². The van der Waals surface area contributed by atoms with E-state index in [0.29, 0.717) is 0 Å². The molecule has 1 aliphatic carbocycles. The topological polar surface area (TPSA) is 26.0 Å². The standard InChI is InChI=1S/C15H17N/c1-11-6-5-7-12(2)14(10-11)13-8-3-4-9-15(13)16/h3-4,6-10H,5,16H2,1-2H3. The molecule has 0 fully saturated rings. The molecule has 0 spiro atoms. The van der Waals surface area contributed by atoms with Crippen LogP contribution < -0.4 is 5.73 Å². The lowest BCUT2D eigenvalue weighted by Crippen LogP contribution is -1.94. The van der Waals surface area contributed by atoms with E-state index in [2.05, 4.69) is 38.1 Å². The Hall–Kier alpha value is -1.76. The van der Waals surface area contributed by atoms with E-state index in [9.17, 15) is 0 Å². The second-order valence-corrected chi connectivity index (χ2v) is 4.22. The molecule has 1 heteroatoms. The number of hydrogen-bond donors (Lipinski definition) is 1. The predicted molar refractivity (Wildman–Crippen MR) is 71.0 cm³/mol. The fourth-order valence-electron chi connectivity index (χ4n) is 1.96. The Bertz CT molecular complexity index is 490. The van der Waals surface area contributed by atoms with E-state index in [4.69, 9.17) is 5.73 Å². The fraction of sp³-hybridized carbons (Fsp3) is 0.200. The van der Waals surface area contributed by atoms with Crippen molar-refractivity contribution < 1.29 is 0 Å². The van der Waals surface area contributed by atoms with Crippen LogP contribution in [0, 0.1) is 0 Å². The van der Waals surface area contributed by atoms with Crippen molar-refractivity contribution in [1.82, 2.24) is 0 Å². The molecular weight excluding hydrogens is 194 g/mol. The number of benzene rings is 1. The first kappa shape index (κ1) is 10.7. The highest BCUT2D eigenvalue weighted by atomic mass is 14.6. The Morgan fingerprint density at radius 3 is 2.56 bits per heavy atom. The smallest absolute Gasteiger partial charge is 0.0393 e. The van der Waals surface area contributed by atoms with Gasteiger partial charge < -0.3 is 5.73 Å². The van der Waals surface area contributed by atoms with Crippen LogP contribution in [-0.4, -0.2) is 0 Å². The number of nitrogens with two attached hydrogens (primary N) is 1. The molecule has 0 amide bonds. The molecule has 0 radical (unpaired) electrons.